The van der Waals surface area contributed by atoms with Crippen molar-refractivity contribution in [3.8, 4) is 23.0 Å². The molecular formula is C24H34O4. The molecule has 0 heterocycles. The van der Waals surface area contributed by atoms with Gasteiger partial charge in [0.2, 0.25) is 0 Å². The fourth-order valence-corrected chi connectivity index (χ4v) is 4.03. The molecule has 154 valence electrons. The Hall–Kier alpha value is -2.36. The maximum Gasteiger partial charge on any atom is 0.157 e. The average Bonchev–Trinajstić information content (AvgIpc) is 2.66. The molecule has 2 aromatic carbocycles. The molecule has 0 saturated heterocycles. The highest BCUT2D eigenvalue weighted by Crippen LogP contribution is 2.34. The number of aromatic hydroxyl groups is 4. The Bertz CT molecular complexity index is 741. The molecule has 0 spiro atoms. The van der Waals surface area contributed by atoms with Gasteiger partial charge in [-0.1, -0.05) is 58.1 Å². The van der Waals surface area contributed by atoms with Crippen molar-refractivity contribution >= 4 is 0 Å². The van der Waals surface area contributed by atoms with Gasteiger partial charge < -0.3 is 20.4 Å². The number of rotatable bonds is 11. The zero-order valence-electron chi connectivity index (χ0n) is 17.1. The van der Waals surface area contributed by atoms with Crippen LogP contribution in [0.2, 0.25) is 0 Å². The minimum Gasteiger partial charge on any atom is -0.504 e. The Labute approximate surface area is 168 Å². The second-order valence-electron chi connectivity index (χ2n) is 7.86. The van der Waals surface area contributed by atoms with Crippen LogP contribution in [-0.4, -0.2) is 20.4 Å². The van der Waals surface area contributed by atoms with Crippen LogP contribution in [0.15, 0.2) is 36.4 Å². The lowest BCUT2D eigenvalue weighted by Gasteiger charge is -2.28. The zero-order chi connectivity index (χ0) is 20.5. The maximum atomic E-state index is 9.86. The van der Waals surface area contributed by atoms with E-state index in [1.165, 1.54) is 19.3 Å². The van der Waals surface area contributed by atoms with Crippen LogP contribution in [0, 0.1) is 11.8 Å². The molecule has 0 unspecified atom stereocenters. The monoisotopic (exact) mass is 386 g/mol. The van der Waals surface area contributed by atoms with E-state index in [0.29, 0.717) is 11.8 Å². The van der Waals surface area contributed by atoms with Crippen LogP contribution in [0.5, 0.6) is 23.0 Å². The van der Waals surface area contributed by atoms with E-state index >= 15 is 0 Å². The van der Waals surface area contributed by atoms with Crippen molar-refractivity contribution in [2.75, 3.05) is 0 Å². The summed E-state index contributed by atoms with van der Waals surface area (Å²) in [5.74, 6) is 0.581. The van der Waals surface area contributed by atoms with Crippen molar-refractivity contribution in [2.45, 2.75) is 65.2 Å². The van der Waals surface area contributed by atoms with E-state index in [1.54, 1.807) is 24.3 Å². The Morgan fingerprint density at radius 1 is 0.607 bits per heavy atom. The van der Waals surface area contributed by atoms with Crippen molar-refractivity contribution in [3.63, 3.8) is 0 Å². The number of hydrogen-bond acceptors (Lipinski definition) is 4. The number of unbranched alkanes of at least 4 members (excludes halogenated alkanes) is 2. The summed E-state index contributed by atoms with van der Waals surface area (Å²) in [5.41, 5.74) is 2.06. The topological polar surface area (TPSA) is 80.9 Å². The molecule has 4 N–H and O–H groups in total. The largest absolute Gasteiger partial charge is 0.504 e. The first-order valence-electron chi connectivity index (χ1n) is 10.5. The van der Waals surface area contributed by atoms with Crippen molar-refractivity contribution in [3.05, 3.63) is 47.5 Å². The molecule has 0 amide bonds. The smallest absolute Gasteiger partial charge is 0.157 e. The van der Waals surface area contributed by atoms with Gasteiger partial charge in [-0.15, -0.1) is 0 Å². The third-order valence-electron chi connectivity index (χ3n) is 5.58. The van der Waals surface area contributed by atoms with Gasteiger partial charge in [0.1, 0.15) is 0 Å². The Morgan fingerprint density at radius 2 is 1.11 bits per heavy atom. The van der Waals surface area contributed by atoms with Crippen LogP contribution >= 0.6 is 0 Å². The summed E-state index contributed by atoms with van der Waals surface area (Å²) in [5, 5.41) is 38.9. The summed E-state index contributed by atoms with van der Waals surface area (Å²) in [7, 11) is 0. The summed E-state index contributed by atoms with van der Waals surface area (Å²) in [4.78, 5) is 0. The third kappa shape index (κ3) is 6.36. The fourth-order valence-electron chi connectivity index (χ4n) is 4.03. The lowest BCUT2D eigenvalue weighted by atomic mass is 9.77. The van der Waals surface area contributed by atoms with E-state index in [4.69, 9.17) is 0 Å². The van der Waals surface area contributed by atoms with E-state index in [-0.39, 0.29) is 23.0 Å². The average molecular weight is 387 g/mol. The van der Waals surface area contributed by atoms with Crippen LogP contribution < -0.4 is 0 Å². The van der Waals surface area contributed by atoms with Crippen LogP contribution in [0.25, 0.3) is 0 Å². The minimum atomic E-state index is -0.0881. The van der Waals surface area contributed by atoms with Crippen molar-refractivity contribution in [1.29, 1.82) is 0 Å². The number of hydrogen-bond donors (Lipinski definition) is 4. The van der Waals surface area contributed by atoms with Crippen LogP contribution in [0.1, 0.15) is 63.5 Å². The molecule has 2 atom stereocenters. The van der Waals surface area contributed by atoms with Gasteiger partial charge in [0.25, 0.3) is 0 Å². The standard InChI is InChI=1S/C24H34O4/c1-3-5-6-8-20(14-18-10-12-22(26)24(28)16-18)19(7-4-2)13-17-9-11-21(25)23(27)15-17/h9-12,15-16,19-20,25-28H,3-8,13-14H2,1-2H3/t19-,20-/m0/s1. The van der Waals surface area contributed by atoms with Crippen LogP contribution in [0.4, 0.5) is 0 Å². The van der Waals surface area contributed by atoms with Gasteiger partial charge in [-0.2, -0.15) is 0 Å². The van der Waals surface area contributed by atoms with E-state index in [0.717, 1.165) is 43.2 Å². The van der Waals surface area contributed by atoms with Gasteiger partial charge in [0.05, 0.1) is 0 Å². The minimum absolute atomic E-state index is 0.0692. The van der Waals surface area contributed by atoms with Gasteiger partial charge in [-0.05, 0) is 66.5 Å². The Morgan fingerprint density at radius 3 is 1.54 bits per heavy atom. The first-order chi connectivity index (χ1) is 13.4. The number of phenols is 4. The SMILES string of the molecule is CCCCC[C@@H](Cc1ccc(O)c(O)c1)[C@@H](CCC)Cc1ccc(O)c(O)c1. The van der Waals surface area contributed by atoms with Gasteiger partial charge in [0.15, 0.2) is 23.0 Å². The van der Waals surface area contributed by atoms with Gasteiger partial charge in [-0.25, -0.2) is 0 Å². The highest BCUT2D eigenvalue weighted by atomic mass is 16.3. The van der Waals surface area contributed by atoms with Crippen LogP contribution in [-0.2, 0) is 12.8 Å². The molecule has 0 bridgehead atoms. The highest BCUT2D eigenvalue weighted by Gasteiger charge is 2.22. The molecule has 0 aromatic heterocycles. The predicted octanol–water partition coefficient (Wildman–Crippen LogP) is 5.91. The quantitative estimate of drug-likeness (QED) is 0.286. The summed E-state index contributed by atoms with van der Waals surface area (Å²) < 4.78 is 0. The van der Waals surface area contributed by atoms with Crippen LogP contribution in [0.3, 0.4) is 0 Å². The summed E-state index contributed by atoms with van der Waals surface area (Å²) in [6, 6.07) is 10.2. The lowest BCUT2D eigenvalue weighted by Crippen LogP contribution is -2.20. The molecular weight excluding hydrogens is 352 g/mol. The molecule has 0 saturated carbocycles. The van der Waals surface area contributed by atoms with E-state index in [9.17, 15) is 20.4 Å². The van der Waals surface area contributed by atoms with E-state index in [1.807, 2.05) is 12.1 Å². The molecule has 28 heavy (non-hydrogen) atoms. The normalized spacial score (nSPS) is 13.4. The van der Waals surface area contributed by atoms with E-state index < -0.39 is 0 Å². The van der Waals surface area contributed by atoms with Gasteiger partial charge in [0, 0.05) is 0 Å². The highest BCUT2D eigenvalue weighted by molar-refractivity contribution is 5.41. The number of phenolic OH excluding ortho intramolecular Hbond substituents is 4. The zero-order valence-corrected chi connectivity index (χ0v) is 17.1. The molecule has 0 radical (unpaired) electrons. The maximum absolute atomic E-state index is 9.86. The molecule has 0 aliphatic rings. The summed E-state index contributed by atoms with van der Waals surface area (Å²) in [6.07, 6.45) is 8.54. The van der Waals surface area contributed by atoms with Crippen molar-refractivity contribution in [1.82, 2.24) is 0 Å². The molecule has 4 heteroatoms. The van der Waals surface area contributed by atoms with E-state index in [2.05, 4.69) is 13.8 Å². The predicted molar refractivity (Wildman–Crippen MR) is 113 cm³/mol. The number of benzene rings is 2. The van der Waals surface area contributed by atoms with Crippen molar-refractivity contribution < 1.29 is 20.4 Å². The fraction of sp³-hybridized carbons (Fsp3) is 0.500. The van der Waals surface area contributed by atoms with Crippen molar-refractivity contribution in [2.24, 2.45) is 11.8 Å². The molecule has 0 aliphatic heterocycles. The Balaban J connectivity index is 2.21. The molecule has 4 nitrogen and oxygen atoms in total. The molecule has 2 rings (SSSR count). The van der Waals surface area contributed by atoms with Gasteiger partial charge in [-0.3, -0.25) is 0 Å². The second-order valence-corrected chi connectivity index (χ2v) is 7.86. The molecule has 2 aromatic rings. The summed E-state index contributed by atoms with van der Waals surface area (Å²) in [6.45, 7) is 4.40. The first kappa shape index (κ1) is 21.9. The molecule has 0 aliphatic carbocycles. The third-order valence-corrected chi connectivity index (χ3v) is 5.58. The molecule has 0 fully saturated rings. The van der Waals surface area contributed by atoms with Gasteiger partial charge >= 0.3 is 0 Å². The lowest BCUT2D eigenvalue weighted by molar-refractivity contribution is 0.279. The Kier molecular flexibility index (Phi) is 8.49. The second kappa shape index (κ2) is 10.8. The summed E-state index contributed by atoms with van der Waals surface area (Å²) >= 11 is 0. The first-order valence-corrected chi connectivity index (χ1v) is 10.5.